The number of ether oxygens (including phenoxy) is 2. The van der Waals surface area contributed by atoms with Crippen LogP contribution in [-0.4, -0.2) is 46.9 Å². The van der Waals surface area contributed by atoms with Gasteiger partial charge in [-0.05, 0) is 56.2 Å². The summed E-state index contributed by atoms with van der Waals surface area (Å²) in [6.45, 7) is 6.51. The van der Waals surface area contributed by atoms with Gasteiger partial charge >= 0.3 is 0 Å². The Morgan fingerprint density at radius 1 is 1.03 bits per heavy atom. The Hall–Kier alpha value is -2.74. The Morgan fingerprint density at radius 3 is 2.34 bits per heavy atom. The zero-order chi connectivity index (χ0) is 21.4. The monoisotopic (exact) mass is 420 g/mol. The highest BCUT2D eigenvalue weighted by molar-refractivity contribution is 7.92. The van der Waals surface area contributed by atoms with Crippen LogP contribution in [0.4, 0.5) is 5.69 Å². The molecule has 0 atom stereocenters. The van der Waals surface area contributed by atoms with Crippen molar-refractivity contribution < 1.29 is 22.7 Å². The molecule has 8 heteroatoms. The van der Waals surface area contributed by atoms with Gasteiger partial charge in [0.2, 0.25) is 15.9 Å². The number of hydrogen-bond acceptors (Lipinski definition) is 5. The molecule has 0 aliphatic carbocycles. The maximum absolute atomic E-state index is 12.3. The molecule has 0 spiro atoms. The SMILES string of the molecule is CCOc1cccc(N(CC(=O)NCCOc2cc(C)cc(C)c2)S(C)(=O)=O)c1. The molecular weight excluding hydrogens is 392 g/mol. The van der Waals surface area contributed by atoms with Crippen molar-refractivity contribution in [2.75, 3.05) is 36.9 Å². The number of amides is 1. The van der Waals surface area contributed by atoms with Crippen molar-refractivity contribution in [2.24, 2.45) is 0 Å². The van der Waals surface area contributed by atoms with Crippen LogP contribution in [0.2, 0.25) is 0 Å². The fourth-order valence-electron chi connectivity index (χ4n) is 2.86. The number of hydrogen-bond donors (Lipinski definition) is 1. The topological polar surface area (TPSA) is 84.9 Å². The number of carbonyl (C=O) groups excluding carboxylic acids is 1. The van der Waals surface area contributed by atoms with E-state index in [1.54, 1.807) is 24.3 Å². The minimum Gasteiger partial charge on any atom is -0.494 e. The molecule has 2 rings (SSSR count). The molecule has 0 aromatic heterocycles. The van der Waals surface area contributed by atoms with E-state index < -0.39 is 15.9 Å². The number of rotatable bonds is 10. The van der Waals surface area contributed by atoms with Crippen molar-refractivity contribution in [1.82, 2.24) is 5.32 Å². The molecule has 0 fully saturated rings. The molecule has 7 nitrogen and oxygen atoms in total. The first-order chi connectivity index (χ1) is 13.7. The van der Waals surface area contributed by atoms with E-state index >= 15 is 0 Å². The number of nitrogens with one attached hydrogen (secondary N) is 1. The third-order valence-corrected chi connectivity index (χ3v) is 5.13. The van der Waals surface area contributed by atoms with Crippen LogP contribution in [0, 0.1) is 13.8 Å². The largest absolute Gasteiger partial charge is 0.494 e. The van der Waals surface area contributed by atoms with Crippen LogP contribution >= 0.6 is 0 Å². The summed E-state index contributed by atoms with van der Waals surface area (Å²) in [4.78, 5) is 12.3. The Bertz CT molecular complexity index is 924. The molecule has 0 aliphatic heterocycles. The Kier molecular flexibility index (Phi) is 7.90. The molecule has 0 aliphatic rings. The summed E-state index contributed by atoms with van der Waals surface area (Å²) in [5.41, 5.74) is 2.57. The van der Waals surface area contributed by atoms with Gasteiger partial charge in [0.05, 0.1) is 25.1 Å². The zero-order valence-corrected chi connectivity index (χ0v) is 18.1. The van der Waals surface area contributed by atoms with E-state index in [9.17, 15) is 13.2 Å². The first-order valence-corrected chi connectivity index (χ1v) is 11.2. The minimum absolute atomic E-state index is 0.266. The second kappa shape index (κ2) is 10.2. The zero-order valence-electron chi connectivity index (χ0n) is 17.3. The lowest BCUT2D eigenvalue weighted by atomic mass is 10.1. The molecule has 0 bridgehead atoms. The molecule has 0 unspecified atom stereocenters. The van der Waals surface area contributed by atoms with Gasteiger partial charge in [0.1, 0.15) is 24.7 Å². The number of carbonyl (C=O) groups is 1. The molecule has 1 amide bonds. The van der Waals surface area contributed by atoms with Crippen LogP contribution in [0.15, 0.2) is 42.5 Å². The van der Waals surface area contributed by atoms with Crippen molar-refractivity contribution in [2.45, 2.75) is 20.8 Å². The van der Waals surface area contributed by atoms with Gasteiger partial charge in [0.25, 0.3) is 0 Å². The molecule has 0 saturated heterocycles. The van der Waals surface area contributed by atoms with Crippen molar-refractivity contribution in [3.63, 3.8) is 0 Å². The van der Waals surface area contributed by atoms with Gasteiger partial charge in [-0.3, -0.25) is 9.10 Å². The lowest BCUT2D eigenvalue weighted by Crippen LogP contribution is -2.41. The van der Waals surface area contributed by atoms with Crippen molar-refractivity contribution in [3.8, 4) is 11.5 Å². The highest BCUT2D eigenvalue weighted by Crippen LogP contribution is 2.23. The summed E-state index contributed by atoms with van der Waals surface area (Å²) in [5.74, 6) is 0.865. The van der Waals surface area contributed by atoms with Crippen LogP contribution in [-0.2, 0) is 14.8 Å². The predicted octanol–water partition coefficient (Wildman–Crippen LogP) is 2.66. The van der Waals surface area contributed by atoms with Gasteiger partial charge in [-0.1, -0.05) is 12.1 Å². The van der Waals surface area contributed by atoms with E-state index in [0.717, 1.165) is 27.4 Å². The van der Waals surface area contributed by atoms with Gasteiger partial charge < -0.3 is 14.8 Å². The first-order valence-electron chi connectivity index (χ1n) is 9.37. The molecular formula is C21H28N2O5S. The molecule has 0 heterocycles. The van der Waals surface area contributed by atoms with E-state index in [1.165, 1.54) is 0 Å². The Balaban J connectivity index is 1.94. The predicted molar refractivity (Wildman–Crippen MR) is 114 cm³/mol. The van der Waals surface area contributed by atoms with Gasteiger partial charge in [0, 0.05) is 6.07 Å². The van der Waals surface area contributed by atoms with E-state index in [1.807, 2.05) is 32.9 Å². The number of sulfonamides is 1. The second-order valence-corrected chi connectivity index (χ2v) is 8.63. The average Bonchev–Trinajstić information content (AvgIpc) is 2.62. The summed E-state index contributed by atoms with van der Waals surface area (Å²) >= 11 is 0. The minimum atomic E-state index is -3.64. The smallest absolute Gasteiger partial charge is 0.240 e. The Labute approximate surface area is 172 Å². The van der Waals surface area contributed by atoms with Crippen molar-refractivity contribution in [3.05, 3.63) is 53.6 Å². The van der Waals surface area contributed by atoms with Crippen molar-refractivity contribution in [1.29, 1.82) is 0 Å². The van der Waals surface area contributed by atoms with Crippen LogP contribution in [0.3, 0.4) is 0 Å². The third kappa shape index (κ3) is 7.30. The van der Waals surface area contributed by atoms with Crippen LogP contribution in [0.1, 0.15) is 18.1 Å². The molecule has 0 saturated carbocycles. The highest BCUT2D eigenvalue weighted by Gasteiger charge is 2.21. The quantitative estimate of drug-likeness (QED) is 0.598. The normalized spacial score (nSPS) is 11.0. The molecule has 2 aromatic carbocycles. The van der Waals surface area contributed by atoms with Crippen molar-refractivity contribution >= 4 is 21.6 Å². The number of nitrogens with zero attached hydrogens (tertiary/aromatic N) is 1. The van der Waals surface area contributed by atoms with E-state index in [-0.39, 0.29) is 19.7 Å². The third-order valence-electron chi connectivity index (χ3n) is 3.99. The molecule has 0 radical (unpaired) electrons. The maximum atomic E-state index is 12.3. The fraction of sp³-hybridized carbons (Fsp3) is 0.381. The highest BCUT2D eigenvalue weighted by atomic mass is 32.2. The maximum Gasteiger partial charge on any atom is 0.240 e. The van der Waals surface area contributed by atoms with Crippen LogP contribution in [0.25, 0.3) is 0 Å². The van der Waals surface area contributed by atoms with E-state index in [4.69, 9.17) is 9.47 Å². The molecule has 29 heavy (non-hydrogen) atoms. The average molecular weight is 421 g/mol. The van der Waals surface area contributed by atoms with E-state index in [2.05, 4.69) is 11.4 Å². The fourth-order valence-corrected chi connectivity index (χ4v) is 3.71. The van der Waals surface area contributed by atoms with E-state index in [0.29, 0.717) is 18.0 Å². The lowest BCUT2D eigenvalue weighted by molar-refractivity contribution is -0.119. The lowest BCUT2D eigenvalue weighted by Gasteiger charge is -2.22. The summed E-state index contributed by atoms with van der Waals surface area (Å²) in [5, 5.41) is 2.69. The molecule has 2 aromatic rings. The van der Waals surface area contributed by atoms with Crippen LogP contribution in [0.5, 0.6) is 11.5 Å². The second-order valence-electron chi connectivity index (χ2n) is 6.72. The number of aryl methyl sites for hydroxylation is 2. The molecule has 158 valence electrons. The summed E-state index contributed by atoms with van der Waals surface area (Å²) in [7, 11) is -3.64. The standard InChI is InChI=1S/C21H28N2O5S/c1-5-27-19-8-6-7-18(14-19)23(29(4,25)26)15-21(24)22-9-10-28-20-12-16(2)11-17(3)13-20/h6-8,11-14H,5,9-10,15H2,1-4H3,(H,22,24). The van der Waals surface area contributed by atoms with Gasteiger partial charge in [-0.2, -0.15) is 0 Å². The number of anilines is 1. The first kappa shape index (κ1) is 22.5. The van der Waals surface area contributed by atoms with Gasteiger partial charge in [-0.15, -0.1) is 0 Å². The van der Waals surface area contributed by atoms with Crippen LogP contribution < -0.4 is 19.1 Å². The summed E-state index contributed by atoms with van der Waals surface area (Å²) in [6.07, 6.45) is 1.07. The van der Waals surface area contributed by atoms with Gasteiger partial charge in [-0.25, -0.2) is 8.42 Å². The Morgan fingerprint density at radius 2 is 1.72 bits per heavy atom. The summed E-state index contributed by atoms with van der Waals surface area (Å²) < 4.78 is 36.5. The van der Waals surface area contributed by atoms with Gasteiger partial charge in [0.15, 0.2) is 0 Å². The number of benzene rings is 2. The molecule has 1 N–H and O–H groups in total. The summed E-state index contributed by atoms with van der Waals surface area (Å²) in [6, 6.07) is 12.5.